The fourth-order valence-electron chi connectivity index (χ4n) is 2.82. The Bertz CT molecular complexity index is 875. The summed E-state index contributed by atoms with van der Waals surface area (Å²) in [6.45, 7) is 2.00. The Balaban J connectivity index is 2.06. The zero-order chi connectivity index (χ0) is 16.2. The van der Waals surface area contributed by atoms with Crippen LogP contribution in [0, 0.1) is 18.3 Å². The van der Waals surface area contributed by atoms with E-state index in [2.05, 4.69) is 23.5 Å². The number of nitrogens with one attached hydrogen (secondary N) is 1. The molecule has 1 atom stereocenters. The first kappa shape index (κ1) is 14.9. The van der Waals surface area contributed by atoms with E-state index in [-0.39, 0.29) is 0 Å². The second kappa shape index (κ2) is 6.41. The van der Waals surface area contributed by atoms with E-state index >= 15 is 0 Å². The van der Waals surface area contributed by atoms with E-state index in [0.29, 0.717) is 0 Å². The summed E-state index contributed by atoms with van der Waals surface area (Å²) in [5.74, 6) is 0.741. The zero-order valence-corrected chi connectivity index (χ0v) is 13.2. The Morgan fingerprint density at radius 2 is 1.74 bits per heavy atom. The van der Waals surface area contributed by atoms with E-state index in [4.69, 9.17) is 4.74 Å². The maximum absolute atomic E-state index is 9.70. The normalized spacial score (nSPS) is 11.7. The molecule has 0 bridgehead atoms. The van der Waals surface area contributed by atoms with Crippen molar-refractivity contribution in [1.82, 2.24) is 0 Å². The van der Waals surface area contributed by atoms with E-state index in [9.17, 15) is 5.26 Å². The smallest absolute Gasteiger partial charge is 0.142 e. The minimum atomic E-state index is -0.448. The van der Waals surface area contributed by atoms with Crippen LogP contribution < -0.4 is 10.1 Å². The van der Waals surface area contributed by atoms with E-state index in [1.54, 1.807) is 7.11 Å². The van der Waals surface area contributed by atoms with Crippen LogP contribution in [0.15, 0.2) is 60.7 Å². The van der Waals surface area contributed by atoms with E-state index in [1.165, 1.54) is 0 Å². The maximum Gasteiger partial charge on any atom is 0.142 e. The molecule has 0 aromatic heterocycles. The summed E-state index contributed by atoms with van der Waals surface area (Å²) in [5, 5.41) is 15.3. The average Bonchev–Trinajstić information content (AvgIpc) is 2.60. The van der Waals surface area contributed by atoms with Gasteiger partial charge in [0.1, 0.15) is 11.8 Å². The van der Waals surface area contributed by atoms with Crippen molar-refractivity contribution >= 4 is 16.5 Å². The number of rotatable bonds is 4. The van der Waals surface area contributed by atoms with Crippen LogP contribution >= 0.6 is 0 Å². The van der Waals surface area contributed by atoms with Crippen molar-refractivity contribution in [2.45, 2.75) is 13.0 Å². The highest BCUT2D eigenvalue weighted by molar-refractivity contribution is 5.87. The molecular weight excluding hydrogens is 284 g/mol. The largest absolute Gasteiger partial charge is 0.495 e. The lowest BCUT2D eigenvalue weighted by molar-refractivity contribution is 0.416. The van der Waals surface area contributed by atoms with Gasteiger partial charge in [-0.1, -0.05) is 54.6 Å². The van der Waals surface area contributed by atoms with Gasteiger partial charge in [-0.05, 0) is 34.9 Å². The van der Waals surface area contributed by atoms with Gasteiger partial charge in [-0.2, -0.15) is 5.26 Å². The third kappa shape index (κ3) is 2.84. The van der Waals surface area contributed by atoms with Gasteiger partial charge in [0.15, 0.2) is 0 Å². The molecule has 3 aromatic carbocycles. The van der Waals surface area contributed by atoms with E-state index < -0.39 is 6.04 Å². The number of para-hydroxylation sites is 1. The molecule has 3 heteroatoms. The van der Waals surface area contributed by atoms with Gasteiger partial charge in [-0.25, -0.2) is 0 Å². The summed E-state index contributed by atoms with van der Waals surface area (Å²) >= 11 is 0. The molecule has 114 valence electrons. The van der Waals surface area contributed by atoms with Gasteiger partial charge in [0.25, 0.3) is 0 Å². The van der Waals surface area contributed by atoms with Crippen molar-refractivity contribution in [3.63, 3.8) is 0 Å². The van der Waals surface area contributed by atoms with Crippen LogP contribution in [0.3, 0.4) is 0 Å². The minimum absolute atomic E-state index is 0.448. The van der Waals surface area contributed by atoms with Crippen molar-refractivity contribution in [2.24, 2.45) is 0 Å². The topological polar surface area (TPSA) is 45.0 Å². The molecule has 3 nitrogen and oxygen atoms in total. The summed E-state index contributed by atoms with van der Waals surface area (Å²) in [4.78, 5) is 0. The third-order valence-electron chi connectivity index (χ3n) is 4.01. The standard InChI is InChI=1S/C20H18N2O/c1-14-7-5-12-19(23-2)20(14)22-18(13-21)17-11-6-9-15-8-3-4-10-16(15)17/h3-12,18,22H,1-2H3/t18-/m0/s1. The van der Waals surface area contributed by atoms with Crippen LogP contribution in [0.25, 0.3) is 10.8 Å². The molecule has 0 amide bonds. The van der Waals surface area contributed by atoms with Gasteiger partial charge in [0.05, 0.1) is 18.9 Å². The molecule has 23 heavy (non-hydrogen) atoms. The van der Waals surface area contributed by atoms with Crippen molar-refractivity contribution in [2.75, 3.05) is 12.4 Å². The number of hydrogen-bond acceptors (Lipinski definition) is 3. The number of nitriles is 1. The summed E-state index contributed by atoms with van der Waals surface area (Å²) in [6.07, 6.45) is 0. The molecule has 0 aliphatic heterocycles. The van der Waals surface area contributed by atoms with Crippen LogP contribution in [-0.2, 0) is 0 Å². The second-order valence-corrected chi connectivity index (χ2v) is 5.43. The van der Waals surface area contributed by atoms with Gasteiger partial charge in [-0.15, -0.1) is 0 Å². The molecule has 0 fully saturated rings. The average molecular weight is 302 g/mol. The Kier molecular flexibility index (Phi) is 4.16. The first-order valence-electron chi connectivity index (χ1n) is 7.52. The number of hydrogen-bond donors (Lipinski definition) is 1. The molecular formula is C20H18N2O. The third-order valence-corrected chi connectivity index (χ3v) is 4.01. The Labute approximate surface area is 136 Å². The summed E-state index contributed by atoms with van der Waals surface area (Å²) in [7, 11) is 1.64. The lowest BCUT2D eigenvalue weighted by atomic mass is 9.99. The molecule has 0 radical (unpaired) electrons. The molecule has 1 N–H and O–H groups in total. The van der Waals surface area contributed by atoms with Gasteiger partial charge in [0, 0.05) is 0 Å². The quantitative estimate of drug-likeness (QED) is 0.750. The van der Waals surface area contributed by atoms with Gasteiger partial charge in [0.2, 0.25) is 0 Å². The van der Waals surface area contributed by atoms with Crippen molar-refractivity contribution in [3.8, 4) is 11.8 Å². The van der Waals surface area contributed by atoms with Gasteiger partial charge < -0.3 is 10.1 Å². The van der Waals surface area contributed by atoms with Gasteiger partial charge in [-0.3, -0.25) is 0 Å². The van der Waals surface area contributed by atoms with Crippen LogP contribution in [0.4, 0.5) is 5.69 Å². The first-order chi connectivity index (χ1) is 11.2. The van der Waals surface area contributed by atoms with Crippen molar-refractivity contribution < 1.29 is 4.74 Å². The molecule has 0 aliphatic rings. The van der Waals surface area contributed by atoms with Crippen LogP contribution in [0.1, 0.15) is 17.2 Å². The summed E-state index contributed by atoms with van der Waals surface area (Å²) in [5.41, 5.74) is 2.87. The second-order valence-electron chi connectivity index (χ2n) is 5.43. The van der Waals surface area contributed by atoms with Crippen molar-refractivity contribution in [1.29, 1.82) is 5.26 Å². The first-order valence-corrected chi connectivity index (χ1v) is 7.52. The molecule has 0 saturated carbocycles. The maximum atomic E-state index is 9.70. The highest BCUT2D eigenvalue weighted by atomic mass is 16.5. The summed E-state index contributed by atoms with van der Waals surface area (Å²) < 4.78 is 5.42. The number of nitrogens with zero attached hydrogens (tertiary/aromatic N) is 1. The number of anilines is 1. The van der Waals surface area contributed by atoms with E-state index in [1.807, 2.05) is 55.5 Å². The molecule has 0 aliphatic carbocycles. The predicted molar refractivity (Wildman–Crippen MR) is 93.7 cm³/mol. The molecule has 0 spiro atoms. The SMILES string of the molecule is COc1cccc(C)c1N[C@@H](C#N)c1cccc2ccccc12. The zero-order valence-electron chi connectivity index (χ0n) is 13.2. The molecule has 0 saturated heterocycles. The van der Waals surface area contributed by atoms with Crippen LogP contribution in [-0.4, -0.2) is 7.11 Å². The highest BCUT2D eigenvalue weighted by Crippen LogP contribution is 2.33. The van der Waals surface area contributed by atoms with Crippen LogP contribution in [0.2, 0.25) is 0 Å². The number of methoxy groups -OCH3 is 1. The highest BCUT2D eigenvalue weighted by Gasteiger charge is 2.16. The fourth-order valence-corrected chi connectivity index (χ4v) is 2.82. The molecule has 3 aromatic rings. The Morgan fingerprint density at radius 3 is 2.52 bits per heavy atom. The van der Waals surface area contributed by atoms with Crippen molar-refractivity contribution in [3.05, 3.63) is 71.8 Å². The van der Waals surface area contributed by atoms with Gasteiger partial charge >= 0.3 is 0 Å². The number of ether oxygens (including phenoxy) is 1. The molecule has 3 rings (SSSR count). The molecule has 0 heterocycles. The Hall–Kier alpha value is -2.99. The lowest BCUT2D eigenvalue weighted by Gasteiger charge is -2.19. The monoisotopic (exact) mass is 302 g/mol. The minimum Gasteiger partial charge on any atom is -0.495 e. The fraction of sp³-hybridized carbons (Fsp3) is 0.150. The Morgan fingerprint density at radius 1 is 1.00 bits per heavy atom. The molecule has 0 unspecified atom stereocenters. The van der Waals surface area contributed by atoms with Crippen LogP contribution in [0.5, 0.6) is 5.75 Å². The number of aryl methyl sites for hydroxylation is 1. The number of benzene rings is 3. The number of fused-ring (bicyclic) bond motifs is 1. The summed E-state index contributed by atoms with van der Waals surface area (Å²) in [6, 6.07) is 21.9. The lowest BCUT2D eigenvalue weighted by Crippen LogP contribution is -2.11. The predicted octanol–water partition coefficient (Wildman–Crippen LogP) is 4.83. The van der Waals surface area contributed by atoms with E-state index in [0.717, 1.165) is 33.3 Å².